The zero-order valence-electron chi connectivity index (χ0n) is 9.64. The molecule has 0 aliphatic carbocycles. The second-order valence-corrected chi connectivity index (χ2v) is 6.16. The minimum absolute atomic E-state index is 0.587. The Hall–Kier alpha value is -0.550. The minimum atomic E-state index is 0.587. The van der Waals surface area contributed by atoms with Crippen LogP contribution in [0.3, 0.4) is 0 Å². The average molecular weight is 255 g/mol. The van der Waals surface area contributed by atoms with Crippen molar-refractivity contribution in [1.29, 1.82) is 0 Å². The number of thiazole rings is 1. The zero-order chi connectivity index (χ0) is 11.4. The summed E-state index contributed by atoms with van der Waals surface area (Å²) in [5, 5.41) is 7.76. The van der Waals surface area contributed by atoms with Gasteiger partial charge in [-0.25, -0.2) is 4.98 Å². The number of aromatic nitrogens is 1. The van der Waals surface area contributed by atoms with E-state index in [1.807, 2.05) is 23.3 Å². The van der Waals surface area contributed by atoms with Gasteiger partial charge in [0.25, 0.3) is 0 Å². The standard InChI is InChI=1S/C11H17N3S2/c1-8(2)9-7-16-11(14-9)13-4-3-10-12-5-6-15-10/h5-6,8-9H,3-4,7H2,1-2H3,(H,13,14)/t9-/m1/s1. The van der Waals surface area contributed by atoms with Crippen LogP contribution in [0, 0.1) is 5.92 Å². The highest BCUT2D eigenvalue weighted by Gasteiger charge is 2.22. The van der Waals surface area contributed by atoms with Crippen molar-refractivity contribution in [2.24, 2.45) is 10.9 Å². The van der Waals surface area contributed by atoms with E-state index in [2.05, 4.69) is 29.1 Å². The lowest BCUT2D eigenvalue weighted by Gasteiger charge is -2.12. The number of hydrogen-bond donors (Lipinski definition) is 1. The van der Waals surface area contributed by atoms with Crippen LogP contribution in [0.1, 0.15) is 18.9 Å². The molecule has 0 saturated carbocycles. The minimum Gasteiger partial charge on any atom is -0.361 e. The maximum atomic E-state index is 4.57. The van der Waals surface area contributed by atoms with Crippen LogP contribution in [0.2, 0.25) is 0 Å². The molecule has 0 amide bonds. The van der Waals surface area contributed by atoms with Gasteiger partial charge in [-0.05, 0) is 5.92 Å². The van der Waals surface area contributed by atoms with Crippen LogP contribution in [0.4, 0.5) is 0 Å². The van der Waals surface area contributed by atoms with Gasteiger partial charge in [0.05, 0.1) is 5.01 Å². The van der Waals surface area contributed by atoms with Crippen molar-refractivity contribution in [2.75, 3.05) is 12.3 Å². The molecule has 1 aromatic heterocycles. The van der Waals surface area contributed by atoms with Crippen LogP contribution in [0.5, 0.6) is 0 Å². The molecule has 0 aromatic carbocycles. The summed E-state index contributed by atoms with van der Waals surface area (Å²) in [6.07, 6.45) is 2.81. The Morgan fingerprint density at radius 2 is 2.50 bits per heavy atom. The molecule has 1 aromatic rings. The van der Waals surface area contributed by atoms with Gasteiger partial charge in [-0.15, -0.1) is 11.3 Å². The molecule has 0 bridgehead atoms. The van der Waals surface area contributed by atoms with E-state index in [4.69, 9.17) is 0 Å². The van der Waals surface area contributed by atoms with Crippen molar-refractivity contribution in [2.45, 2.75) is 26.3 Å². The number of hydrogen-bond acceptors (Lipinski definition) is 4. The number of aliphatic imine (C=N–C) groups is 1. The van der Waals surface area contributed by atoms with Crippen molar-refractivity contribution >= 4 is 28.3 Å². The van der Waals surface area contributed by atoms with Crippen molar-refractivity contribution < 1.29 is 0 Å². The third-order valence-electron chi connectivity index (χ3n) is 2.58. The van der Waals surface area contributed by atoms with E-state index in [-0.39, 0.29) is 0 Å². The molecule has 2 rings (SSSR count). The second-order valence-electron chi connectivity index (χ2n) is 4.17. The molecule has 1 atom stereocenters. The summed E-state index contributed by atoms with van der Waals surface area (Å²) in [7, 11) is 0. The average Bonchev–Trinajstić information content (AvgIpc) is 2.87. The van der Waals surface area contributed by atoms with Crippen molar-refractivity contribution in [3.05, 3.63) is 16.6 Å². The first-order valence-corrected chi connectivity index (χ1v) is 7.44. The Kier molecular flexibility index (Phi) is 4.23. The third-order valence-corrected chi connectivity index (χ3v) is 4.46. The number of amidine groups is 1. The molecule has 2 heterocycles. The van der Waals surface area contributed by atoms with Gasteiger partial charge < -0.3 is 5.32 Å². The third kappa shape index (κ3) is 3.22. The van der Waals surface area contributed by atoms with Crippen LogP contribution in [0.25, 0.3) is 0 Å². The molecule has 0 spiro atoms. The highest BCUT2D eigenvalue weighted by molar-refractivity contribution is 8.14. The second kappa shape index (κ2) is 5.68. The van der Waals surface area contributed by atoms with E-state index in [1.165, 1.54) is 5.01 Å². The van der Waals surface area contributed by atoms with Crippen molar-refractivity contribution in [3.63, 3.8) is 0 Å². The highest BCUT2D eigenvalue weighted by atomic mass is 32.2. The maximum Gasteiger partial charge on any atom is 0.156 e. The van der Waals surface area contributed by atoms with Crippen LogP contribution in [0.15, 0.2) is 16.6 Å². The fourth-order valence-electron chi connectivity index (χ4n) is 1.49. The van der Waals surface area contributed by atoms with Crippen LogP contribution >= 0.6 is 23.1 Å². The molecule has 88 valence electrons. The molecule has 3 nitrogen and oxygen atoms in total. The van der Waals surface area contributed by atoms with Gasteiger partial charge in [-0.1, -0.05) is 25.6 Å². The summed E-state index contributed by atoms with van der Waals surface area (Å²) >= 11 is 3.54. The number of thioether (sulfide) groups is 1. The molecular formula is C11H17N3S2. The normalized spacial score (nSPS) is 22.9. The summed E-state index contributed by atoms with van der Waals surface area (Å²) < 4.78 is 0. The van der Waals surface area contributed by atoms with E-state index in [0.29, 0.717) is 12.0 Å². The molecule has 0 unspecified atom stereocenters. The lowest BCUT2D eigenvalue weighted by Crippen LogP contribution is -2.31. The lowest BCUT2D eigenvalue weighted by molar-refractivity contribution is 0.503. The van der Waals surface area contributed by atoms with E-state index >= 15 is 0 Å². The smallest absolute Gasteiger partial charge is 0.156 e. The van der Waals surface area contributed by atoms with Crippen molar-refractivity contribution in [1.82, 2.24) is 10.3 Å². The Balaban J connectivity index is 1.77. The summed E-state index contributed by atoms with van der Waals surface area (Å²) in [6, 6.07) is 0.587. The lowest BCUT2D eigenvalue weighted by atomic mass is 10.1. The fraction of sp³-hybridized carbons (Fsp3) is 0.636. The van der Waals surface area contributed by atoms with Gasteiger partial charge in [-0.3, -0.25) is 4.99 Å². The monoisotopic (exact) mass is 255 g/mol. The Bertz CT molecular complexity index is 346. The summed E-state index contributed by atoms with van der Waals surface area (Å²) in [6.45, 7) is 5.33. The van der Waals surface area contributed by atoms with Gasteiger partial charge >= 0.3 is 0 Å². The topological polar surface area (TPSA) is 37.3 Å². The summed E-state index contributed by atoms with van der Waals surface area (Å²) in [5.74, 6) is 1.83. The van der Waals surface area contributed by atoms with Crippen molar-refractivity contribution in [3.8, 4) is 0 Å². The van der Waals surface area contributed by atoms with Gasteiger partial charge in [0.2, 0.25) is 0 Å². The molecule has 1 saturated heterocycles. The van der Waals surface area contributed by atoms with Crippen LogP contribution < -0.4 is 5.32 Å². The Labute approximate surface area is 105 Å². The first kappa shape index (κ1) is 11.9. The van der Waals surface area contributed by atoms with Crippen LogP contribution in [-0.2, 0) is 6.42 Å². The quantitative estimate of drug-likeness (QED) is 0.897. The van der Waals surface area contributed by atoms with E-state index in [0.717, 1.165) is 23.9 Å². The predicted octanol–water partition coefficient (Wildman–Crippen LogP) is 2.40. The predicted molar refractivity (Wildman–Crippen MR) is 72.3 cm³/mol. The number of rotatable bonds is 4. The molecule has 1 aliphatic rings. The molecule has 0 radical (unpaired) electrons. The number of nitrogens with one attached hydrogen (secondary N) is 1. The van der Waals surface area contributed by atoms with E-state index < -0.39 is 0 Å². The molecule has 1 aliphatic heterocycles. The fourth-order valence-corrected chi connectivity index (χ4v) is 3.32. The van der Waals surface area contributed by atoms with Gasteiger partial charge in [0.1, 0.15) is 0 Å². The first-order valence-electron chi connectivity index (χ1n) is 5.58. The maximum absolute atomic E-state index is 4.57. The zero-order valence-corrected chi connectivity index (χ0v) is 11.3. The van der Waals surface area contributed by atoms with Gasteiger partial charge in [-0.2, -0.15) is 0 Å². The Morgan fingerprint density at radius 3 is 3.12 bits per heavy atom. The molecule has 16 heavy (non-hydrogen) atoms. The summed E-state index contributed by atoms with van der Waals surface area (Å²) in [5.41, 5.74) is 0. The Morgan fingerprint density at radius 1 is 1.62 bits per heavy atom. The van der Waals surface area contributed by atoms with E-state index in [1.54, 1.807) is 11.3 Å². The molecule has 1 fully saturated rings. The van der Waals surface area contributed by atoms with Gasteiger partial charge in [0, 0.05) is 36.3 Å². The first-order chi connectivity index (χ1) is 7.75. The molecule has 1 N–H and O–H groups in total. The van der Waals surface area contributed by atoms with Crippen LogP contribution in [-0.4, -0.2) is 28.5 Å². The summed E-state index contributed by atoms with van der Waals surface area (Å²) in [4.78, 5) is 8.81. The SMILES string of the molecule is CC(C)[C@H]1CSC(=NCCc2nccs2)N1. The van der Waals surface area contributed by atoms with E-state index in [9.17, 15) is 0 Å². The molecular weight excluding hydrogens is 238 g/mol. The largest absolute Gasteiger partial charge is 0.361 e. The van der Waals surface area contributed by atoms with Gasteiger partial charge in [0.15, 0.2) is 5.17 Å². The highest BCUT2D eigenvalue weighted by Crippen LogP contribution is 2.19. The molecule has 5 heteroatoms. The number of nitrogens with zero attached hydrogens (tertiary/aromatic N) is 2.